The summed E-state index contributed by atoms with van der Waals surface area (Å²) in [7, 11) is 0. The molecule has 0 fully saturated rings. The van der Waals surface area contributed by atoms with Crippen LogP contribution in [-0.4, -0.2) is 11.8 Å². The van der Waals surface area contributed by atoms with E-state index >= 15 is 0 Å². The Balaban J connectivity index is 2.02. The second kappa shape index (κ2) is 7.26. The molecule has 0 unspecified atom stereocenters. The lowest BCUT2D eigenvalue weighted by atomic mass is 10.1. The lowest BCUT2D eigenvalue weighted by Crippen LogP contribution is -2.09. The number of rotatable bonds is 4. The summed E-state index contributed by atoms with van der Waals surface area (Å²) in [5.74, 6) is -0.422. The molecule has 0 saturated carbocycles. The van der Waals surface area contributed by atoms with Gasteiger partial charge >= 0.3 is 0 Å². The summed E-state index contributed by atoms with van der Waals surface area (Å²) >= 11 is 0. The summed E-state index contributed by atoms with van der Waals surface area (Å²) in [6.07, 6.45) is 3.14. The van der Waals surface area contributed by atoms with E-state index in [0.29, 0.717) is 17.1 Å². The maximum absolute atomic E-state index is 12.0. The summed E-state index contributed by atoms with van der Waals surface area (Å²) in [6.45, 7) is 3.36. The highest BCUT2D eigenvalue weighted by atomic mass is 16.2. The van der Waals surface area contributed by atoms with Crippen molar-refractivity contribution in [2.75, 3.05) is 16.4 Å². The van der Waals surface area contributed by atoms with Gasteiger partial charge in [-0.05, 0) is 48.4 Å². The van der Waals surface area contributed by atoms with Crippen molar-refractivity contribution in [3.8, 4) is 0 Å². The van der Waals surface area contributed by atoms with Crippen LogP contribution in [0.4, 0.5) is 17.1 Å². The largest absolute Gasteiger partial charge is 0.398 e. The number of nitrogens with two attached hydrogens (primary N) is 1. The molecule has 0 spiro atoms. The first-order chi connectivity index (χ1) is 10.9. The van der Waals surface area contributed by atoms with Crippen molar-refractivity contribution in [1.82, 2.24) is 0 Å². The zero-order valence-electron chi connectivity index (χ0n) is 13.1. The SMILES string of the molecule is CC(=O)Nc1cccc(NC(=O)/C=C/c2ccc(C)c(N)c2)c1. The number of hydrogen-bond donors (Lipinski definition) is 3. The van der Waals surface area contributed by atoms with Gasteiger partial charge in [0.05, 0.1) is 0 Å². The first-order valence-electron chi connectivity index (χ1n) is 7.17. The highest BCUT2D eigenvalue weighted by Crippen LogP contribution is 2.16. The van der Waals surface area contributed by atoms with Crippen molar-refractivity contribution >= 4 is 35.0 Å². The first kappa shape index (κ1) is 16.3. The number of nitrogens with one attached hydrogen (secondary N) is 2. The lowest BCUT2D eigenvalue weighted by molar-refractivity contribution is -0.114. The summed E-state index contributed by atoms with van der Waals surface area (Å²) in [6, 6.07) is 12.6. The molecule has 118 valence electrons. The van der Waals surface area contributed by atoms with Gasteiger partial charge in [-0.15, -0.1) is 0 Å². The summed E-state index contributed by atoms with van der Waals surface area (Å²) < 4.78 is 0. The Kier molecular flexibility index (Phi) is 5.15. The van der Waals surface area contributed by atoms with Crippen molar-refractivity contribution < 1.29 is 9.59 Å². The number of carbonyl (C=O) groups excluding carboxylic acids is 2. The maximum atomic E-state index is 12.0. The van der Waals surface area contributed by atoms with Crippen LogP contribution in [0.15, 0.2) is 48.5 Å². The van der Waals surface area contributed by atoms with E-state index in [-0.39, 0.29) is 11.8 Å². The van der Waals surface area contributed by atoms with Crippen LogP contribution >= 0.6 is 0 Å². The fourth-order valence-corrected chi connectivity index (χ4v) is 2.00. The van der Waals surface area contributed by atoms with Gasteiger partial charge in [-0.3, -0.25) is 9.59 Å². The maximum Gasteiger partial charge on any atom is 0.248 e. The van der Waals surface area contributed by atoms with Crippen molar-refractivity contribution in [1.29, 1.82) is 0 Å². The Morgan fingerprint density at radius 2 is 1.74 bits per heavy atom. The summed E-state index contributed by atoms with van der Waals surface area (Å²) in [4.78, 5) is 23.0. The third-order valence-corrected chi connectivity index (χ3v) is 3.18. The quantitative estimate of drug-likeness (QED) is 0.599. The normalized spacial score (nSPS) is 10.5. The van der Waals surface area contributed by atoms with E-state index in [1.807, 2.05) is 25.1 Å². The zero-order chi connectivity index (χ0) is 16.8. The third kappa shape index (κ3) is 5.00. The van der Waals surface area contributed by atoms with E-state index < -0.39 is 0 Å². The molecule has 0 saturated heterocycles. The highest BCUT2D eigenvalue weighted by molar-refractivity contribution is 6.02. The molecule has 0 aliphatic carbocycles. The number of amides is 2. The van der Waals surface area contributed by atoms with Gasteiger partial charge in [0.1, 0.15) is 0 Å². The van der Waals surface area contributed by atoms with Crippen molar-refractivity contribution in [3.05, 3.63) is 59.7 Å². The van der Waals surface area contributed by atoms with Gasteiger partial charge in [0.15, 0.2) is 0 Å². The van der Waals surface area contributed by atoms with Crippen LogP contribution in [0.3, 0.4) is 0 Å². The van der Waals surface area contributed by atoms with Gasteiger partial charge in [0, 0.05) is 30.1 Å². The van der Waals surface area contributed by atoms with Crippen LogP contribution in [0.5, 0.6) is 0 Å². The average molecular weight is 309 g/mol. The Morgan fingerprint density at radius 3 is 2.39 bits per heavy atom. The van der Waals surface area contributed by atoms with Crippen LogP contribution in [0.2, 0.25) is 0 Å². The standard InChI is InChI=1S/C18H19N3O2/c1-12-6-7-14(10-17(12)19)8-9-18(23)21-16-5-3-4-15(11-16)20-13(2)22/h3-11H,19H2,1-2H3,(H,20,22)(H,21,23)/b9-8+. The van der Waals surface area contributed by atoms with Crippen molar-refractivity contribution in [2.45, 2.75) is 13.8 Å². The van der Waals surface area contributed by atoms with E-state index in [2.05, 4.69) is 10.6 Å². The molecule has 0 atom stereocenters. The highest BCUT2D eigenvalue weighted by Gasteiger charge is 2.01. The molecule has 5 nitrogen and oxygen atoms in total. The molecule has 0 heterocycles. The fourth-order valence-electron chi connectivity index (χ4n) is 2.00. The minimum atomic E-state index is -0.260. The second-order valence-electron chi connectivity index (χ2n) is 5.20. The van der Waals surface area contributed by atoms with Crippen LogP contribution in [0.1, 0.15) is 18.1 Å². The Bertz CT molecular complexity index is 767. The Labute approximate surface area is 135 Å². The van der Waals surface area contributed by atoms with Crippen LogP contribution < -0.4 is 16.4 Å². The Hall–Kier alpha value is -3.08. The molecule has 2 aromatic carbocycles. The van der Waals surface area contributed by atoms with E-state index in [4.69, 9.17) is 5.73 Å². The van der Waals surface area contributed by atoms with Crippen LogP contribution in [-0.2, 0) is 9.59 Å². The number of nitrogen functional groups attached to an aromatic ring is 1. The van der Waals surface area contributed by atoms with Gasteiger partial charge in [0.2, 0.25) is 11.8 Å². The van der Waals surface area contributed by atoms with Gasteiger partial charge in [-0.1, -0.05) is 18.2 Å². The third-order valence-electron chi connectivity index (χ3n) is 3.18. The molecule has 4 N–H and O–H groups in total. The molecular weight excluding hydrogens is 290 g/mol. The topological polar surface area (TPSA) is 84.2 Å². The van der Waals surface area contributed by atoms with Crippen LogP contribution in [0.25, 0.3) is 6.08 Å². The van der Waals surface area contributed by atoms with Gasteiger partial charge in [-0.25, -0.2) is 0 Å². The molecule has 0 radical (unpaired) electrons. The molecule has 23 heavy (non-hydrogen) atoms. The molecule has 2 aromatic rings. The molecule has 0 aliphatic rings. The molecule has 2 amide bonds. The summed E-state index contributed by atoms with van der Waals surface area (Å²) in [5.41, 5.74) is 9.62. The summed E-state index contributed by atoms with van der Waals surface area (Å²) in [5, 5.41) is 5.41. The fraction of sp³-hybridized carbons (Fsp3) is 0.111. The smallest absolute Gasteiger partial charge is 0.248 e. The van der Waals surface area contributed by atoms with E-state index in [1.54, 1.807) is 30.3 Å². The second-order valence-corrected chi connectivity index (χ2v) is 5.20. The van der Waals surface area contributed by atoms with E-state index in [1.165, 1.54) is 13.0 Å². The van der Waals surface area contributed by atoms with Gasteiger partial charge in [-0.2, -0.15) is 0 Å². The van der Waals surface area contributed by atoms with Crippen molar-refractivity contribution in [2.24, 2.45) is 0 Å². The zero-order valence-corrected chi connectivity index (χ0v) is 13.1. The average Bonchev–Trinajstić information content (AvgIpc) is 2.48. The predicted molar refractivity (Wildman–Crippen MR) is 94.0 cm³/mol. The van der Waals surface area contributed by atoms with Gasteiger partial charge < -0.3 is 16.4 Å². The number of carbonyl (C=O) groups is 2. The minimum absolute atomic E-state index is 0.162. The predicted octanol–water partition coefficient (Wildman–Crippen LogP) is 3.19. The monoisotopic (exact) mass is 309 g/mol. The Morgan fingerprint density at radius 1 is 1.04 bits per heavy atom. The molecule has 5 heteroatoms. The number of hydrogen-bond acceptors (Lipinski definition) is 3. The molecule has 2 rings (SSSR count). The van der Waals surface area contributed by atoms with Crippen molar-refractivity contribution in [3.63, 3.8) is 0 Å². The molecule has 0 bridgehead atoms. The first-order valence-corrected chi connectivity index (χ1v) is 7.17. The number of anilines is 3. The molecule has 0 aliphatic heterocycles. The number of aryl methyl sites for hydroxylation is 1. The number of benzene rings is 2. The minimum Gasteiger partial charge on any atom is -0.398 e. The molecule has 0 aromatic heterocycles. The van der Waals surface area contributed by atoms with E-state index in [9.17, 15) is 9.59 Å². The van der Waals surface area contributed by atoms with Gasteiger partial charge in [0.25, 0.3) is 0 Å². The molecular formula is C18H19N3O2. The lowest BCUT2D eigenvalue weighted by Gasteiger charge is -2.06. The van der Waals surface area contributed by atoms with E-state index in [0.717, 1.165) is 11.1 Å². The van der Waals surface area contributed by atoms with Crippen LogP contribution in [0, 0.1) is 6.92 Å².